The zero-order chi connectivity index (χ0) is 17.6. The number of hydrogen-bond acceptors (Lipinski definition) is 0. The third-order valence-corrected chi connectivity index (χ3v) is 4.14. The molecular formula is C20H11F4N. The predicted molar refractivity (Wildman–Crippen MR) is 88.5 cm³/mol. The van der Waals surface area contributed by atoms with Crippen molar-refractivity contribution in [3.63, 3.8) is 0 Å². The van der Waals surface area contributed by atoms with Crippen LogP contribution in [0.2, 0.25) is 0 Å². The van der Waals surface area contributed by atoms with E-state index in [0.29, 0.717) is 10.9 Å². The van der Waals surface area contributed by atoms with Crippen LogP contribution in [0.5, 0.6) is 0 Å². The van der Waals surface area contributed by atoms with Gasteiger partial charge in [-0.25, -0.2) is 17.6 Å². The molecule has 0 bridgehead atoms. The van der Waals surface area contributed by atoms with E-state index in [0.717, 1.165) is 4.57 Å². The van der Waals surface area contributed by atoms with Crippen molar-refractivity contribution in [2.75, 3.05) is 0 Å². The molecule has 0 aliphatic rings. The van der Waals surface area contributed by atoms with Crippen LogP contribution >= 0.6 is 0 Å². The summed E-state index contributed by atoms with van der Waals surface area (Å²) in [4.78, 5) is 0. The molecule has 0 saturated heterocycles. The summed E-state index contributed by atoms with van der Waals surface area (Å²) in [5.74, 6) is -5.70. The molecule has 0 unspecified atom stereocenters. The third-order valence-electron chi connectivity index (χ3n) is 4.14. The number of halogens is 4. The molecule has 0 spiro atoms. The van der Waals surface area contributed by atoms with E-state index in [4.69, 9.17) is 0 Å². The Morgan fingerprint density at radius 2 is 1.20 bits per heavy atom. The summed E-state index contributed by atoms with van der Waals surface area (Å²) in [6.45, 7) is 0. The maximum atomic E-state index is 14.7. The van der Waals surface area contributed by atoms with Crippen molar-refractivity contribution in [2.24, 2.45) is 0 Å². The first-order chi connectivity index (χ1) is 12.1. The van der Waals surface area contributed by atoms with E-state index in [1.54, 1.807) is 36.4 Å². The monoisotopic (exact) mass is 341 g/mol. The van der Waals surface area contributed by atoms with Crippen molar-refractivity contribution in [1.29, 1.82) is 0 Å². The van der Waals surface area contributed by atoms with Crippen LogP contribution in [0.3, 0.4) is 0 Å². The van der Waals surface area contributed by atoms with Gasteiger partial charge < -0.3 is 4.57 Å². The van der Waals surface area contributed by atoms with Gasteiger partial charge in [0.1, 0.15) is 5.69 Å². The quantitative estimate of drug-likeness (QED) is 0.318. The van der Waals surface area contributed by atoms with Crippen LogP contribution in [0.25, 0.3) is 27.7 Å². The number of nitrogens with zero attached hydrogens (tertiary/aromatic N) is 1. The molecule has 4 aromatic rings. The summed E-state index contributed by atoms with van der Waals surface area (Å²) < 4.78 is 59.6. The van der Waals surface area contributed by atoms with Crippen LogP contribution < -0.4 is 0 Å². The van der Waals surface area contributed by atoms with E-state index in [1.807, 2.05) is 0 Å². The molecule has 0 fully saturated rings. The average Bonchev–Trinajstić information content (AvgIpc) is 3.05. The van der Waals surface area contributed by atoms with Gasteiger partial charge in [-0.1, -0.05) is 48.5 Å². The maximum absolute atomic E-state index is 14.7. The zero-order valence-electron chi connectivity index (χ0n) is 12.8. The summed E-state index contributed by atoms with van der Waals surface area (Å²) in [7, 11) is 0. The highest BCUT2D eigenvalue weighted by molar-refractivity contribution is 5.82. The lowest BCUT2D eigenvalue weighted by molar-refractivity contribution is 0.453. The van der Waals surface area contributed by atoms with Crippen LogP contribution in [0, 0.1) is 23.3 Å². The first kappa shape index (κ1) is 15.4. The second-order valence-corrected chi connectivity index (χ2v) is 5.59. The van der Waals surface area contributed by atoms with Crippen molar-refractivity contribution < 1.29 is 17.6 Å². The lowest BCUT2D eigenvalue weighted by atomic mass is 10.0. The number of rotatable bonds is 2. The lowest BCUT2D eigenvalue weighted by Gasteiger charge is -2.14. The van der Waals surface area contributed by atoms with E-state index in [-0.39, 0.29) is 5.56 Å². The molecule has 5 heteroatoms. The van der Waals surface area contributed by atoms with Gasteiger partial charge in [0, 0.05) is 6.20 Å². The standard InChI is InChI=1S/C20H11F4N/c21-16-15(13-7-2-1-3-8-13)17(22)19(24)20(18(16)23)25-11-10-12-6-4-5-9-14(12)25/h1-11H. The first-order valence-electron chi connectivity index (χ1n) is 7.57. The van der Waals surface area contributed by atoms with E-state index in [9.17, 15) is 17.6 Å². The molecule has 1 nitrogen and oxygen atoms in total. The molecule has 0 atom stereocenters. The Morgan fingerprint density at radius 1 is 0.600 bits per heavy atom. The smallest absolute Gasteiger partial charge is 0.186 e. The largest absolute Gasteiger partial charge is 0.311 e. The molecule has 0 amide bonds. The van der Waals surface area contributed by atoms with Crippen molar-refractivity contribution in [1.82, 2.24) is 4.57 Å². The SMILES string of the molecule is Fc1c(F)c(-n2ccc3ccccc32)c(F)c(F)c1-c1ccccc1. The fraction of sp³-hybridized carbons (Fsp3) is 0. The first-order valence-corrected chi connectivity index (χ1v) is 7.57. The Bertz CT molecular complexity index is 1050. The van der Waals surface area contributed by atoms with Crippen molar-refractivity contribution in [2.45, 2.75) is 0 Å². The molecule has 0 saturated carbocycles. The third kappa shape index (κ3) is 2.31. The van der Waals surface area contributed by atoms with Crippen molar-refractivity contribution in [3.8, 4) is 16.8 Å². The van der Waals surface area contributed by atoms with Gasteiger partial charge in [0.15, 0.2) is 23.3 Å². The second-order valence-electron chi connectivity index (χ2n) is 5.59. The highest BCUT2D eigenvalue weighted by Gasteiger charge is 2.27. The zero-order valence-corrected chi connectivity index (χ0v) is 12.8. The van der Waals surface area contributed by atoms with E-state index in [1.165, 1.54) is 30.5 Å². The van der Waals surface area contributed by atoms with Crippen LogP contribution in [-0.4, -0.2) is 4.57 Å². The number of benzene rings is 3. The molecule has 25 heavy (non-hydrogen) atoms. The summed E-state index contributed by atoms with van der Waals surface area (Å²) in [6, 6.07) is 15.9. The van der Waals surface area contributed by atoms with Gasteiger partial charge in [0.25, 0.3) is 0 Å². The van der Waals surface area contributed by atoms with Gasteiger partial charge in [0.05, 0.1) is 11.1 Å². The minimum atomic E-state index is -1.43. The molecule has 1 heterocycles. The van der Waals surface area contributed by atoms with E-state index < -0.39 is 34.5 Å². The van der Waals surface area contributed by atoms with Gasteiger partial charge >= 0.3 is 0 Å². The lowest BCUT2D eigenvalue weighted by Crippen LogP contribution is -2.08. The molecular weight excluding hydrogens is 330 g/mol. The number of aromatic nitrogens is 1. The predicted octanol–water partition coefficient (Wildman–Crippen LogP) is 5.85. The van der Waals surface area contributed by atoms with Gasteiger partial charge in [-0.05, 0) is 23.1 Å². The fourth-order valence-corrected chi connectivity index (χ4v) is 2.97. The Hall–Kier alpha value is -3.08. The Balaban J connectivity index is 2.03. The molecule has 0 aliphatic carbocycles. The molecule has 0 radical (unpaired) electrons. The molecule has 3 aromatic carbocycles. The molecule has 0 aliphatic heterocycles. The number of para-hydroxylation sites is 1. The van der Waals surface area contributed by atoms with Crippen LogP contribution in [0.4, 0.5) is 17.6 Å². The molecule has 124 valence electrons. The molecule has 1 aromatic heterocycles. The van der Waals surface area contributed by atoms with Crippen LogP contribution in [-0.2, 0) is 0 Å². The van der Waals surface area contributed by atoms with Gasteiger partial charge in [-0.3, -0.25) is 0 Å². The van der Waals surface area contributed by atoms with Crippen molar-refractivity contribution in [3.05, 3.63) is 90.1 Å². The van der Waals surface area contributed by atoms with Gasteiger partial charge in [0.2, 0.25) is 0 Å². The second kappa shape index (κ2) is 5.77. The Kier molecular flexibility index (Phi) is 3.57. The van der Waals surface area contributed by atoms with Crippen molar-refractivity contribution >= 4 is 10.9 Å². The topological polar surface area (TPSA) is 4.93 Å². The highest BCUT2D eigenvalue weighted by Crippen LogP contribution is 2.35. The normalized spacial score (nSPS) is 11.2. The Morgan fingerprint density at radius 3 is 1.88 bits per heavy atom. The Labute approximate surface area is 140 Å². The van der Waals surface area contributed by atoms with Gasteiger partial charge in [-0.15, -0.1) is 0 Å². The average molecular weight is 341 g/mol. The van der Waals surface area contributed by atoms with Crippen LogP contribution in [0.1, 0.15) is 0 Å². The maximum Gasteiger partial charge on any atom is 0.186 e. The number of fused-ring (bicyclic) bond motifs is 1. The summed E-state index contributed by atoms with van der Waals surface area (Å²) >= 11 is 0. The summed E-state index contributed by atoms with van der Waals surface area (Å²) in [6.07, 6.45) is 1.38. The van der Waals surface area contributed by atoms with Gasteiger partial charge in [-0.2, -0.15) is 0 Å². The van der Waals surface area contributed by atoms with E-state index >= 15 is 0 Å². The summed E-state index contributed by atoms with van der Waals surface area (Å²) in [5.41, 5.74) is -0.961. The van der Waals surface area contributed by atoms with Crippen LogP contribution in [0.15, 0.2) is 66.9 Å². The molecule has 4 rings (SSSR count). The minimum Gasteiger partial charge on any atom is -0.311 e. The highest BCUT2D eigenvalue weighted by atomic mass is 19.2. The summed E-state index contributed by atoms with van der Waals surface area (Å²) in [5, 5.41) is 0.703. The van der Waals surface area contributed by atoms with E-state index in [2.05, 4.69) is 0 Å². The molecule has 0 N–H and O–H groups in total. The minimum absolute atomic E-state index is 0.0687. The number of hydrogen-bond donors (Lipinski definition) is 0. The fourth-order valence-electron chi connectivity index (χ4n) is 2.97.